The first-order valence-electron chi connectivity index (χ1n) is 15.2. The Balaban J connectivity index is 2.43. The number of hydrogen-bond acceptors (Lipinski definition) is 7. The van der Waals surface area contributed by atoms with E-state index in [1.807, 2.05) is 6.08 Å². The molecule has 2 N–H and O–H groups in total. The molecule has 0 radical (unpaired) electrons. The first-order valence-corrected chi connectivity index (χ1v) is 15.2. The predicted molar refractivity (Wildman–Crippen MR) is 172 cm³/mol. The lowest BCUT2D eigenvalue weighted by atomic mass is 9.86. The van der Waals surface area contributed by atoms with Crippen LogP contribution in [0.5, 0.6) is 0 Å². The van der Waals surface area contributed by atoms with Crippen molar-refractivity contribution in [3.63, 3.8) is 0 Å². The van der Waals surface area contributed by atoms with Crippen LogP contribution in [0.1, 0.15) is 88.9 Å². The summed E-state index contributed by atoms with van der Waals surface area (Å²) in [6.45, 7) is 5.08. The lowest BCUT2D eigenvalue weighted by Crippen LogP contribution is -2.49. The van der Waals surface area contributed by atoms with E-state index in [0.29, 0.717) is 6.42 Å². The number of rotatable bonds is 22. The molecule has 0 unspecified atom stereocenters. The molecule has 0 aliphatic heterocycles. The van der Waals surface area contributed by atoms with E-state index < -0.39 is 35.3 Å². The molecule has 240 valence electrons. The zero-order chi connectivity index (χ0) is 32.5. The van der Waals surface area contributed by atoms with Crippen molar-refractivity contribution >= 4 is 23.8 Å². The summed E-state index contributed by atoms with van der Waals surface area (Å²) < 4.78 is 10.9. The molecule has 1 heterocycles. The van der Waals surface area contributed by atoms with Crippen LogP contribution in [0, 0.1) is 5.41 Å². The monoisotopic (exact) mass is 608 g/mol. The van der Waals surface area contributed by atoms with Gasteiger partial charge in [-0.15, -0.1) is 0 Å². The van der Waals surface area contributed by atoms with Gasteiger partial charge in [-0.3, -0.25) is 19.4 Å². The summed E-state index contributed by atoms with van der Waals surface area (Å²) in [6, 6.07) is 3.06. The predicted octanol–water partition coefficient (Wildman–Crippen LogP) is 6.69. The van der Waals surface area contributed by atoms with Gasteiger partial charge in [0.1, 0.15) is 6.61 Å². The molecule has 0 aliphatic rings. The Kier molecular flexibility index (Phi) is 19.9. The molecule has 1 aromatic heterocycles. The largest absolute Gasteiger partial charge is 0.481 e. The van der Waals surface area contributed by atoms with Crippen LogP contribution in [0.3, 0.4) is 0 Å². The van der Waals surface area contributed by atoms with Gasteiger partial charge in [-0.05, 0) is 57.1 Å². The van der Waals surface area contributed by atoms with Crippen LogP contribution in [-0.4, -0.2) is 53.2 Å². The van der Waals surface area contributed by atoms with Crippen LogP contribution >= 0.6 is 0 Å². The number of pyridine rings is 1. The Bertz CT molecular complexity index is 1150. The van der Waals surface area contributed by atoms with Crippen molar-refractivity contribution in [1.29, 1.82) is 0 Å². The maximum Gasteiger partial charge on any atom is 0.340 e. The van der Waals surface area contributed by atoms with E-state index >= 15 is 0 Å². The summed E-state index contributed by atoms with van der Waals surface area (Å²) in [5.74, 6) is -2.95. The van der Waals surface area contributed by atoms with Crippen LogP contribution in [0.4, 0.5) is 0 Å². The number of unbranched alkanes of at least 4 members (excludes halogenated alkanes) is 1. The number of aliphatic carboxylic acids is 1. The molecule has 1 atom stereocenters. The average molecular weight is 609 g/mol. The molecular formula is C35H48N2O7. The molecular weight excluding hydrogens is 560 g/mol. The van der Waals surface area contributed by atoms with E-state index in [4.69, 9.17) is 14.6 Å². The van der Waals surface area contributed by atoms with Gasteiger partial charge >= 0.3 is 17.9 Å². The minimum absolute atomic E-state index is 0.138. The number of amides is 1. The molecule has 0 aromatic carbocycles. The number of esters is 2. The Hall–Kier alpha value is -4.27. The second-order valence-corrected chi connectivity index (χ2v) is 10.7. The van der Waals surface area contributed by atoms with Crippen molar-refractivity contribution < 1.29 is 33.8 Å². The molecule has 44 heavy (non-hydrogen) atoms. The Morgan fingerprint density at radius 1 is 0.909 bits per heavy atom. The SMILES string of the molecule is CCC=CCC=CCC=CCC=CCC=CCCCC(=O)OCC(C)(C)[C@@H](OC(=O)c1cccnc1)C(=O)NCCC(=O)O. The highest BCUT2D eigenvalue weighted by Crippen LogP contribution is 2.26. The average Bonchev–Trinajstić information content (AvgIpc) is 3.00. The number of carbonyl (C=O) groups is 4. The number of aromatic nitrogens is 1. The van der Waals surface area contributed by atoms with E-state index in [-0.39, 0.29) is 31.6 Å². The first-order chi connectivity index (χ1) is 21.2. The van der Waals surface area contributed by atoms with Crippen molar-refractivity contribution in [2.24, 2.45) is 5.41 Å². The molecule has 0 saturated heterocycles. The minimum atomic E-state index is -1.34. The third-order valence-electron chi connectivity index (χ3n) is 6.22. The van der Waals surface area contributed by atoms with Crippen molar-refractivity contribution in [2.45, 2.75) is 84.7 Å². The third kappa shape index (κ3) is 18.3. The van der Waals surface area contributed by atoms with Gasteiger partial charge in [0.05, 0.1) is 12.0 Å². The van der Waals surface area contributed by atoms with Crippen molar-refractivity contribution in [3.05, 3.63) is 90.9 Å². The van der Waals surface area contributed by atoms with Gasteiger partial charge in [0.25, 0.3) is 5.91 Å². The fraction of sp³-hybridized carbons (Fsp3) is 0.457. The minimum Gasteiger partial charge on any atom is -0.481 e. The quantitative estimate of drug-likeness (QED) is 0.0846. The molecule has 1 rings (SSSR count). The standard InChI is InChI=1S/C35H48N2O7/c1-4-5-6-7-8-9-10-11-12-13-14-15-16-17-18-19-20-23-31(40)43-28-35(2,3)32(33(41)37-26-24-30(38)39)44-34(42)29-22-21-25-36-27-29/h5-6,8-9,11-12,14-15,17-18,21-22,25,27,32H,4,7,10,13,16,19-20,23-24,26,28H2,1-3H3,(H,37,41)(H,38,39)/t32-/m0/s1. The molecule has 1 aromatic rings. The number of carbonyl (C=O) groups excluding carboxylic acids is 3. The molecule has 0 aliphatic carbocycles. The van der Waals surface area contributed by atoms with E-state index in [9.17, 15) is 19.2 Å². The topological polar surface area (TPSA) is 132 Å². The normalized spacial score (nSPS) is 12.9. The second-order valence-electron chi connectivity index (χ2n) is 10.7. The molecule has 0 spiro atoms. The fourth-order valence-corrected chi connectivity index (χ4v) is 3.76. The van der Waals surface area contributed by atoms with Gasteiger partial charge in [0.15, 0.2) is 6.10 Å². The zero-order valence-corrected chi connectivity index (χ0v) is 26.3. The Morgan fingerprint density at radius 3 is 2.05 bits per heavy atom. The van der Waals surface area contributed by atoms with Gasteiger partial charge in [0.2, 0.25) is 0 Å². The summed E-state index contributed by atoms with van der Waals surface area (Å²) >= 11 is 0. The van der Waals surface area contributed by atoms with E-state index in [1.54, 1.807) is 19.9 Å². The summed E-state index contributed by atoms with van der Waals surface area (Å²) in [4.78, 5) is 52.6. The first kappa shape index (κ1) is 37.8. The van der Waals surface area contributed by atoms with Crippen LogP contribution in [-0.2, 0) is 23.9 Å². The molecule has 9 nitrogen and oxygen atoms in total. The second kappa shape index (κ2) is 23.2. The summed E-state index contributed by atoms with van der Waals surface area (Å²) in [5.41, 5.74) is -0.941. The summed E-state index contributed by atoms with van der Waals surface area (Å²) in [6.07, 6.45) is 28.8. The van der Waals surface area contributed by atoms with Crippen molar-refractivity contribution in [3.8, 4) is 0 Å². The maximum absolute atomic E-state index is 12.9. The lowest BCUT2D eigenvalue weighted by Gasteiger charge is -2.32. The Morgan fingerprint density at radius 2 is 1.50 bits per heavy atom. The number of allylic oxidation sites excluding steroid dienone is 10. The number of carboxylic acids is 1. The van der Waals surface area contributed by atoms with Gasteiger partial charge in [-0.1, -0.05) is 81.5 Å². The van der Waals surface area contributed by atoms with Crippen LogP contribution in [0.15, 0.2) is 85.3 Å². The molecule has 0 saturated carbocycles. The van der Waals surface area contributed by atoms with Crippen LogP contribution < -0.4 is 5.32 Å². The van der Waals surface area contributed by atoms with Gasteiger partial charge in [-0.2, -0.15) is 0 Å². The van der Waals surface area contributed by atoms with Gasteiger partial charge in [0, 0.05) is 30.8 Å². The number of nitrogens with one attached hydrogen (secondary N) is 1. The third-order valence-corrected chi connectivity index (χ3v) is 6.22. The number of nitrogens with zero attached hydrogens (tertiary/aromatic N) is 1. The van der Waals surface area contributed by atoms with E-state index in [0.717, 1.165) is 38.5 Å². The molecule has 0 bridgehead atoms. The number of hydrogen-bond donors (Lipinski definition) is 2. The highest BCUT2D eigenvalue weighted by molar-refractivity contribution is 5.92. The summed E-state index contributed by atoms with van der Waals surface area (Å²) in [5, 5.41) is 11.3. The molecule has 0 fully saturated rings. The number of ether oxygens (including phenoxy) is 2. The number of carboxylic acid groups (broad SMARTS) is 1. The van der Waals surface area contributed by atoms with E-state index in [2.05, 4.69) is 71.9 Å². The fourth-order valence-electron chi connectivity index (χ4n) is 3.76. The summed E-state index contributed by atoms with van der Waals surface area (Å²) in [7, 11) is 0. The highest BCUT2D eigenvalue weighted by Gasteiger charge is 2.40. The molecule has 1 amide bonds. The maximum atomic E-state index is 12.9. The van der Waals surface area contributed by atoms with Crippen molar-refractivity contribution in [1.82, 2.24) is 10.3 Å². The van der Waals surface area contributed by atoms with Crippen LogP contribution in [0.25, 0.3) is 0 Å². The van der Waals surface area contributed by atoms with Crippen LogP contribution in [0.2, 0.25) is 0 Å². The zero-order valence-electron chi connectivity index (χ0n) is 26.3. The van der Waals surface area contributed by atoms with E-state index in [1.165, 1.54) is 18.5 Å². The lowest BCUT2D eigenvalue weighted by molar-refractivity contribution is -0.153. The highest BCUT2D eigenvalue weighted by atomic mass is 16.6. The molecule has 9 heteroatoms. The van der Waals surface area contributed by atoms with Gasteiger partial charge in [-0.25, -0.2) is 4.79 Å². The van der Waals surface area contributed by atoms with Gasteiger partial charge < -0.3 is 19.9 Å². The Labute approximate surface area is 261 Å². The van der Waals surface area contributed by atoms with Crippen molar-refractivity contribution in [2.75, 3.05) is 13.2 Å². The smallest absolute Gasteiger partial charge is 0.340 e.